The molecule has 0 spiro atoms. The van der Waals surface area contributed by atoms with Gasteiger partial charge in [0.2, 0.25) is 0 Å². The maximum absolute atomic E-state index is 13.6. The maximum atomic E-state index is 13.6. The van der Waals surface area contributed by atoms with Gasteiger partial charge in [-0.3, -0.25) is 9.36 Å². The zero-order valence-electron chi connectivity index (χ0n) is 25.2. The van der Waals surface area contributed by atoms with Gasteiger partial charge in [-0.2, -0.15) is 0 Å². The highest BCUT2D eigenvalue weighted by atomic mass is 32.2. The van der Waals surface area contributed by atoms with E-state index in [1.165, 1.54) is 28.5 Å². The van der Waals surface area contributed by atoms with Gasteiger partial charge in [0.05, 0.1) is 11.4 Å². The van der Waals surface area contributed by atoms with E-state index in [4.69, 9.17) is 0 Å². The van der Waals surface area contributed by atoms with Crippen molar-refractivity contribution in [3.63, 3.8) is 0 Å². The second-order valence-corrected chi connectivity index (χ2v) is 12.9. The van der Waals surface area contributed by atoms with Crippen molar-refractivity contribution in [2.24, 2.45) is 0 Å². The predicted molar refractivity (Wildman–Crippen MR) is 170 cm³/mol. The lowest BCUT2D eigenvalue weighted by Crippen LogP contribution is -2.10. The minimum Gasteiger partial charge on any atom is -0.318 e. The first-order valence-corrected chi connectivity index (χ1v) is 15.0. The van der Waals surface area contributed by atoms with Crippen LogP contribution in [0, 0.1) is 34.6 Å². The molecule has 0 fully saturated rings. The smallest absolute Gasteiger partial charge is 0.196 e. The van der Waals surface area contributed by atoms with Gasteiger partial charge in [-0.05, 0) is 86.6 Å². The molecule has 5 nitrogen and oxygen atoms in total. The van der Waals surface area contributed by atoms with Crippen LogP contribution in [0.3, 0.4) is 0 Å². The molecule has 210 valence electrons. The summed E-state index contributed by atoms with van der Waals surface area (Å²) in [5.41, 5.74) is 10.7. The first-order chi connectivity index (χ1) is 19.4. The number of carbonyl (C=O) groups excluding carboxylic acids is 1. The van der Waals surface area contributed by atoms with Gasteiger partial charge in [-0.1, -0.05) is 81.1 Å². The minimum atomic E-state index is 0.0667. The number of aryl methyl sites for hydroxylation is 4. The fourth-order valence-electron chi connectivity index (χ4n) is 5.43. The van der Waals surface area contributed by atoms with E-state index in [1.807, 2.05) is 25.1 Å². The van der Waals surface area contributed by atoms with Crippen molar-refractivity contribution in [1.29, 1.82) is 0 Å². The number of para-hydroxylation sites is 1. The van der Waals surface area contributed by atoms with E-state index in [0.29, 0.717) is 5.16 Å². The quantitative estimate of drug-likeness (QED) is 0.147. The van der Waals surface area contributed by atoms with Crippen LogP contribution in [0.1, 0.15) is 64.8 Å². The second kappa shape index (κ2) is 11.2. The van der Waals surface area contributed by atoms with Gasteiger partial charge < -0.3 is 4.57 Å². The summed E-state index contributed by atoms with van der Waals surface area (Å²) >= 11 is 1.43. The van der Waals surface area contributed by atoms with Crippen molar-refractivity contribution in [3.05, 3.63) is 112 Å². The molecule has 0 aliphatic rings. The zero-order chi connectivity index (χ0) is 29.5. The Bertz CT molecular complexity index is 1720. The van der Waals surface area contributed by atoms with Crippen molar-refractivity contribution in [1.82, 2.24) is 19.3 Å². The van der Waals surface area contributed by atoms with Gasteiger partial charge in [-0.15, -0.1) is 10.2 Å². The SMILES string of the molecule is Cc1cc(C)cc(-n2c(C)cc(C(=O)CSc3nnc(-c4ccc(C(C)(C)C)cc4)n3-c3ccccc3C)c2C)c1. The molecule has 0 radical (unpaired) electrons. The van der Waals surface area contributed by atoms with E-state index >= 15 is 0 Å². The van der Waals surface area contributed by atoms with Crippen LogP contribution < -0.4 is 0 Å². The van der Waals surface area contributed by atoms with Gasteiger partial charge in [0.1, 0.15) is 0 Å². The van der Waals surface area contributed by atoms with Gasteiger partial charge >= 0.3 is 0 Å². The lowest BCUT2D eigenvalue weighted by molar-refractivity contribution is 0.102. The molecule has 0 unspecified atom stereocenters. The predicted octanol–water partition coefficient (Wildman–Crippen LogP) is 8.54. The third kappa shape index (κ3) is 5.80. The summed E-state index contributed by atoms with van der Waals surface area (Å²) in [5, 5.41) is 9.89. The van der Waals surface area contributed by atoms with Gasteiger partial charge in [0.25, 0.3) is 0 Å². The third-order valence-electron chi connectivity index (χ3n) is 7.53. The van der Waals surface area contributed by atoms with Crippen LogP contribution in [0.5, 0.6) is 0 Å². The molecule has 2 heterocycles. The lowest BCUT2D eigenvalue weighted by Gasteiger charge is -2.19. The molecule has 6 heteroatoms. The highest BCUT2D eigenvalue weighted by Crippen LogP contribution is 2.32. The van der Waals surface area contributed by atoms with E-state index < -0.39 is 0 Å². The Labute approximate surface area is 247 Å². The minimum absolute atomic E-state index is 0.0667. The molecular formula is C35H38N4OS. The molecule has 0 aliphatic carbocycles. The lowest BCUT2D eigenvalue weighted by atomic mass is 9.87. The molecule has 0 saturated carbocycles. The Morgan fingerprint density at radius 2 is 1.46 bits per heavy atom. The van der Waals surface area contributed by atoms with Crippen molar-refractivity contribution in [3.8, 4) is 22.8 Å². The molecule has 0 saturated heterocycles. The standard InChI is InChI=1S/C35H38N4OS/c1-22-17-23(2)19-29(18-22)38-25(4)20-30(26(38)5)32(40)21-41-34-37-36-33(39(34)31-12-10-9-11-24(31)3)27-13-15-28(16-14-27)35(6,7)8/h9-20H,21H2,1-8H3. The number of aromatic nitrogens is 4. The van der Waals surface area contributed by atoms with E-state index in [-0.39, 0.29) is 17.0 Å². The molecule has 41 heavy (non-hydrogen) atoms. The van der Waals surface area contributed by atoms with Gasteiger partial charge in [0.15, 0.2) is 16.8 Å². The Kier molecular flexibility index (Phi) is 7.80. The first-order valence-electron chi connectivity index (χ1n) is 14.0. The summed E-state index contributed by atoms with van der Waals surface area (Å²) in [7, 11) is 0. The largest absolute Gasteiger partial charge is 0.318 e. The van der Waals surface area contributed by atoms with Crippen LogP contribution in [0.15, 0.2) is 78.0 Å². The van der Waals surface area contributed by atoms with Gasteiger partial charge in [0, 0.05) is 28.2 Å². The fraction of sp³-hybridized carbons (Fsp3) is 0.286. The topological polar surface area (TPSA) is 52.7 Å². The molecule has 3 aromatic carbocycles. The number of rotatable bonds is 7. The highest BCUT2D eigenvalue weighted by molar-refractivity contribution is 7.99. The summed E-state index contributed by atoms with van der Waals surface area (Å²) in [6.45, 7) is 17.0. The number of carbonyl (C=O) groups is 1. The zero-order valence-corrected chi connectivity index (χ0v) is 26.1. The van der Waals surface area contributed by atoms with E-state index in [0.717, 1.165) is 45.3 Å². The average molecular weight is 563 g/mol. The van der Waals surface area contributed by atoms with Gasteiger partial charge in [-0.25, -0.2) is 0 Å². The molecular weight excluding hydrogens is 524 g/mol. The molecule has 0 N–H and O–H groups in total. The van der Waals surface area contributed by atoms with Crippen molar-refractivity contribution >= 4 is 17.5 Å². The van der Waals surface area contributed by atoms with Crippen LogP contribution in [0.25, 0.3) is 22.8 Å². The summed E-state index contributed by atoms with van der Waals surface area (Å²) in [5.74, 6) is 1.11. The molecule has 0 amide bonds. The Balaban J connectivity index is 1.47. The number of nitrogens with zero attached hydrogens (tertiary/aromatic N) is 4. The molecule has 5 aromatic rings. The third-order valence-corrected chi connectivity index (χ3v) is 8.46. The molecule has 0 bridgehead atoms. The number of ketones is 1. The van der Waals surface area contributed by atoms with E-state index in [2.05, 4.69) is 122 Å². The first kappa shape index (κ1) is 28.6. The summed E-state index contributed by atoms with van der Waals surface area (Å²) in [6, 6.07) is 25.3. The van der Waals surface area contributed by atoms with Crippen LogP contribution in [0.2, 0.25) is 0 Å². The number of hydrogen-bond donors (Lipinski definition) is 0. The molecule has 0 aliphatic heterocycles. The van der Waals surface area contributed by atoms with Crippen LogP contribution in [-0.2, 0) is 5.41 Å². The Hall–Kier alpha value is -3.90. The summed E-state index contributed by atoms with van der Waals surface area (Å²) in [6.07, 6.45) is 0. The Morgan fingerprint density at radius 1 is 0.805 bits per heavy atom. The molecule has 5 rings (SSSR count). The maximum Gasteiger partial charge on any atom is 0.196 e. The number of Topliss-reactive ketones (excluding diaryl/α,β-unsaturated/α-hetero) is 1. The highest BCUT2D eigenvalue weighted by Gasteiger charge is 2.22. The van der Waals surface area contributed by atoms with Crippen LogP contribution >= 0.6 is 11.8 Å². The monoisotopic (exact) mass is 562 g/mol. The number of hydrogen-bond acceptors (Lipinski definition) is 4. The van der Waals surface area contributed by atoms with Crippen molar-refractivity contribution in [2.45, 2.75) is 66.0 Å². The normalized spacial score (nSPS) is 11.7. The summed E-state index contributed by atoms with van der Waals surface area (Å²) in [4.78, 5) is 13.6. The second-order valence-electron chi connectivity index (χ2n) is 11.9. The van der Waals surface area contributed by atoms with Crippen molar-refractivity contribution < 1.29 is 4.79 Å². The molecule has 2 aromatic heterocycles. The number of benzene rings is 3. The molecule has 0 atom stereocenters. The van der Waals surface area contributed by atoms with E-state index in [1.54, 1.807) is 0 Å². The number of thioether (sulfide) groups is 1. The van der Waals surface area contributed by atoms with Crippen LogP contribution in [0.4, 0.5) is 0 Å². The van der Waals surface area contributed by atoms with E-state index in [9.17, 15) is 4.79 Å². The average Bonchev–Trinajstić information content (AvgIpc) is 3.46. The van der Waals surface area contributed by atoms with Crippen molar-refractivity contribution in [2.75, 3.05) is 5.75 Å². The van der Waals surface area contributed by atoms with Crippen LogP contribution in [-0.4, -0.2) is 30.9 Å². The Morgan fingerprint density at radius 3 is 2.10 bits per heavy atom. The fourth-order valence-corrected chi connectivity index (χ4v) is 6.26. The summed E-state index contributed by atoms with van der Waals surface area (Å²) < 4.78 is 4.26.